The molecule has 0 saturated heterocycles. The smallest absolute Gasteiger partial charge is 0.329 e. The molecular weight excluding hydrogens is 560 g/mol. The molecule has 1 fully saturated rings. The van der Waals surface area contributed by atoms with Crippen molar-refractivity contribution < 1.29 is 19.4 Å². The number of rotatable bonds is 9. The number of hydrogen-bond acceptors (Lipinski definition) is 5. The van der Waals surface area contributed by atoms with Gasteiger partial charge in [0.1, 0.15) is 17.0 Å². The average Bonchev–Trinajstić information content (AvgIpc) is 3.28. The molecule has 0 amide bonds. The number of ether oxygens (including phenoxy) is 2. The lowest BCUT2D eigenvalue weighted by atomic mass is 9.59. The molecular formula is C36H43ClN2O4. The molecule has 3 aliphatic carbocycles. The summed E-state index contributed by atoms with van der Waals surface area (Å²) in [5.74, 6) is 2.27. The molecule has 3 aliphatic rings. The highest BCUT2D eigenvalue weighted by atomic mass is 35.5. The van der Waals surface area contributed by atoms with Gasteiger partial charge in [0.2, 0.25) is 0 Å². The van der Waals surface area contributed by atoms with Crippen molar-refractivity contribution in [3.05, 3.63) is 82.1 Å². The summed E-state index contributed by atoms with van der Waals surface area (Å²) in [6.45, 7) is 5.23. The minimum atomic E-state index is -1.03. The highest BCUT2D eigenvalue weighted by Gasteiger charge is 2.54. The number of anilines is 1. The molecule has 228 valence electrons. The molecule has 0 bridgehead atoms. The van der Waals surface area contributed by atoms with Gasteiger partial charge in [0.05, 0.1) is 13.7 Å². The second kappa shape index (κ2) is 12.0. The summed E-state index contributed by atoms with van der Waals surface area (Å²) in [7, 11) is 1.71. The number of aryl methyl sites for hydroxylation is 1. The first-order valence-corrected chi connectivity index (χ1v) is 16.2. The Morgan fingerprint density at radius 3 is 2.72 bits per heavy atom. The Morgan fingerprint density at radius 2 is 1.98 bits per heavy atom. The second-order valence-corrected chi connectivity index (χ2v) is 13.7. The van der Waals surface area contributed by atoms with Crippen LogP contribution >= 0.6 is 11.6 Å². The number of nitrogens with zero attached hydrogens (tertiary/aromatic N) is 1. The minimum Gasteiger partial charge on any atom is -0.497 e. The molecule has 2 N–H and O–H groups in total. The number of carboxylic acid groups (broad SMARTS) is 1. The maximum Gasteiger partial charge on any atom is 0.329 e. The van der Waals surface area contributed by atoms with Gasteiger partial charge in [-0.05, 0) is 128 Å². The first kappa shape index (κ1) is 29.8. The van der Waals surface area contributed by atoms with Crippen molar-refractivity contribution in [1.82, 2.24) is 4.98 Å². The zero-order valence-electron chi connectivity index (χ0n) is 25.5. The molecule has 1 unspecified atom stereocenters. The van der Waals surface area contributed by atoms with Gasteiger partial charge in [-0.2, -0.15) is 0 Å². The highest BCUT2D eigenvalue weighted by Crippen LogP contribution is 2.56. The SMILES string of the molecule is COc1ccc2c(c1)C1(CCC(Nc3cccc(Cl)c3)(C(=O)O)CC1)C(C[C@@H](C)COc1ccnc3c1[C@@H](C)CCC3)C2. The fourth-order valence-corrected chi connectivity index (χ4v) is 8.39. The van der Waals surface area contributed by atoms with E-state index in [1.165, 1.54) is 35.2 Å². The van der Waals surface area contributed by atoms with Crippen molar-refractivity contribution in [2.24, 2.45) is 11.8 Å². The first-order valence-electron chi connectivity index (χ1n) is 15.8. The molecule has 3 atom stereocenters. The van der Waals surface area contributed by atoms with Gasteiger partial charge in [-0.3, -0.25) is 4.98 Å². The lowest BCUT2D eigenvalue weighted by Gasteiger charge is -2.47. The van der Waals surface area contributed by atoms with Gasteiger partial charge in [-0.25, -0.2) is 4.79 Å². The fourth-order valence-electron chi connectivity index (χ4n) is 8.20. The standard InChI is InChI=1S/C36H43ClN2O4/c1-23(22-43-32-12-17-38-31-9-4-6-24(2)33(31)32)18-26-19-25-10-11-29(42-3)21-30(25)35(26)13-15-36(16-14-35,34(40)41)39-28-8-5-7-27(37)20-28/h5,7-8,10-12,17,20-21,23-24,26,39H,4,6,9,13-16,18-19,22H2,1-3H3,(H,40,41)/t23-,24+,26?,35?,36?/m1/s1. The predicted octanol–water partition coefficient (Wildman–Crippen LogP) is 8.21. The first-order chi connectivity index (χ1) is 20.7. The molecule has 1 heterocycles. The summed E-state index contributed by atoms with van der Waals surface area (Å²) < 4.78 is 12.2. The van der Waals surface area contributed by atoms with E-state index >= 15 is 0 Å². The van der Waals surface area contributed by atoms with Crippen molar-refractivity contribution >= 4 is 23.3 Å². The van der Waals surface area contributed by atoms with E-state index in [0.29, 0.717) is 42.2 Å². The summed E-state index contributed by atoms with van der Waals surface area (Å²) in [6.07, 6.45) is 9.95. The summed E-state index contributed by atoms with van der Waals surface area (Å²) in [5.41, 5.74) is 4.80. The third-order valence-corrected chi connectivity index (χ3v) is 10.7. The molecule has 0 aliphatic heterocycles. The van der Waals surface area contributed by atoms with Crippen LogP contribution in [-0.4, -0.2) is 35.3 Å². The Morgan fingerprint density at radius 1 is 1.16 bits per heavy atom. The second-order valence-electron chi connectivity index (χ2n) is 13.2. The van der Waals surface area contributed by atoms with Crippen LogP contribution in [0.15, 0.2) is 54.7 Å². The third kappa shape index (κ3) is 5.71. The monoisotopic (exact) mass is 602 g/mol. The predicted molar refractivity (Wildman–Crippen MR) is 171 cm³/mol. The Bertz CT molecular complexity index is 1480. The molecule has 6 nitrogen and oxygen atoms in total. The third-order valence-electron chi connectivity index (χ3n) is 10.5. The van der Waals surface area contributed by atoms with E-state index in [0.717, 1.165) is 49.3 Å². The van der Waals surface area contributed by atoms with E-state index in [9.17, 15) is 9.90 Å². The molecule has 1 spiro atoms. The summed E-state index contributed by atoms with van der Waals surface area (Å²) in [5, 5.41) is 14.5. The van der Waals surface area contributed by atoms with E-state index in [4.69, 9.17) is 21.1 Å². The van der Waals surface area contributed by atoms with Gasteiger partial charge in [0.25, 0.3) is 0 Å². The quantitative estimate of drug-likeness (QED) is 0.257. The topological polar surface area (TPSA) is 80.7 Å². The molecule has 6 rings (SSSR count). The number of aliphatic carboxylic acids is 1. The van der Waals surface area contributed by atoms with Crippen LogP contribution in [-0.2, 0) is 23.1 Å². The van der Waals surface area contributed by atoms with Crippen molar-refractivity contribution in [2.75, 3.05) is 19.0 Å². The van der Waals surface area contributed by atoms with Crippen LogP contribution in [0.2, 0.25) is 5.02 Å². The van der Waals surface area contributed by atoms with Crippen LogP contribution in [0, 0.1) is 11.8 Å². The largest absolute Gasteiger partial charge is 0.497 e. The molecule has 1 aromatic heterocycles. The zero-order chi connectivity index (χ0) is 30.2. The Kier molecular flexibility index (Phi) is 8.34. The van der Waals surface area contributed by atoms with Gasteiger partial charge in [0, 0.05) is 28.2 Å². The number of carboxylic acids is 1. The van der Waals surface area contributed by atoms with E-state index < -0.39 is 11.5 Å². The van der Waals surface area contributed by atoms with Crippen LogP contribution in [0.4, 0.5) is 5.69 Å². The maximum absolute atomic E-state index is 12.8. The van der Waals surface area contributed by atoms with Gasteiger partial charge in [0.15, 0.2) is 0 Å². The Labute approximate surface area is 260 Å². The van der Waals surface area contributed by atoms with Crippen LogP contribution < -0.4 is 14.8 Å². The van der Waals surface area contributed by atoms with Crippen LogP contribution in [0.1, 0.15) is 87.1 Å². The highest BCUT2D eigenvalue weighted by molar-refractivity contribution is 6.30. The maximum atomic E-state index is 12.8. The number of fused-ring (bicyclic) bond motifs is 3. The Hall–Kier alpha value is -3.25. The van der Waals surface area contributed by atoms with E-state index in [-0.39, 0.29) is 5.41 Å². The zero-order valence-corrected chi connectivity index (χ0v) is 26.3. The number of pyridine rings is 1. The van der Waals surface area contributed by atoms with E-state index in [1.54, 1.807) is 19.2 Å². The number of aromatic nitrogens is 1. The van der Waals surface area contributed by atoms with Crippen LogP contribution in [0.25, 0.3) is 0 Å². The Balaban J connectivity index is 1.22. The van der Waals surface area contributed by atoms with Crippen molar-refractivity contribution in [1.29, 1.82) is 0 Å². The summed E-state index contributed by atoms with van der Waals surface area (Å²) >= 11 is 6.23. The summed E-state index contributed by atoms with van der Waals surface area (Å²) in [6, 6.07) is 15.9. The van der Waals surface area contributed by atoms with Gasteiger partial charge in [-0.15, -0.1) is 0 Å². The van der Waals surface area contributed by atoms with E-state index in [2.05, 4.69) is 42.3 Å². The van der Waals surface area contributed by atoms with Gasteiger partial charge < -0.3 is 19.9 Å². The van der Waals surface area contributed by atoms with Crippen LogP contribution in [0.5, 0.6) is 11.5 Å². The molecule has 2 aromatic carbocycles. The fraction of sp³-hybridized carbons (Fsp3) is 0.500. The average molecular weight is 603 g/mol. The number of halogens is 1. The lowest BCUT2D eigenvalue weighted by Crippen LogP contribution is -2.53. The van der Waals surface area contributed by atoms with Gasteiger partial charge >= 0.3 is 5.97 Å². The molecule has 0 radical (unpaired) electrons. The molecule has 43 heavy (non-hydrogen) atoms. The van der Waals surface area contributed by atoms with Crippen molar-refractivity contribution in [3.63, 3.8) is 0 Å². The number of nitrogens with one attached hydrogen (secondary N) is 1. The lowest BCUT2D eigenvalue weighted by molar-refractivity contribution is -0.144. The van der Waals surface area contributed by atoms with Crippen molar-refractivity contribution in [3.8, 4) is 11.5 Å². The van der Waals surface area contributed by atoms with Gasteiger partial charge in [-0.1, -0.05) is 37.6 Å². The minimum absolute atomic E-state index is 0.0998. The molecule has 1 saturated carbocycles. The number of hydrogen-bond donors (Lipinski definition) is 2. The summed E-state index contributed by atoms with van der Waals surface area (Å²) in [4.78, 5) is 17.4. The van der Waals surface area contributed by atoms with E-state index in [1.807, 2.05) is 24.4 Å². The molecule has 7 heteroatoms. The number of benzene rings is 2. The number of methoxy groups -OCH3 is 1. The van der Waals surface area contributed by atoms with Crippen molar-refractivity contribution in [2.45, 2.75) is 88.5 Å². The number of carbonyl (C=O) groups is 1. The normalized spacial score (nSPS) is 26.8. The van der Waals surface area contributed by atoms with Crippen LogP contribution in [0.3, 0.4) is 0 Å². The molecule has 3 aromatic rings.